The van der Waals surface area contributed by atoms with Gasteiger partial charge in [0.2, 0.25) is 0 Å². The summed E-state index contributed by atoms with van der Waals surface area (Å²) in [5, 5.41) is 1.34. The molecule has 0 fully saturated rings. The molecule has 16 nitrogen and oxygen atoms in total. The lowest BCUT2D eigenvalue weighted by Crippen LogP contribution is -2.46. The van der Waals surface area contributed by atoms with Crippen LogP contribution in [0.15, 0.2) is 119 Å². The van der Waals surface area contributed by atoms with Gasteiger partial charge in [-0.05, 0) is 109 Å². The van der Waals surface area contributed by atoms with Gasteiger partial charge in [0.25, 0.3) is 0 Å². The molecule has 16 heteroatoms. The van der Waals surface area contributed by atoms with E-state index < -0.39 is 45.7 Å². The third kappa shape index (κ3) is 12.4. The highest BCUT2D eigenvalue weighted by atomic mass is 16.6. The summed E-state index contributed by atoms with van der Waals surface area (Å²) in [4.78, 5) is 64.4. The normalized spacial score (nSPS) is 12.5. The average molecular weight is 969 g/mol. The Kier molecular flexibility index (Phi) is 14.7. The van der Waals surface area contributed by atoms with E-state index in [1.54, 1.807) is 86.2 Å². The van der Waals surface area contributed by atoms with E-state index in [-0.39, 0.29) is 17.7 Å². The van der Waals surface area contributed by atoms with Crippen molar-refractivity contribution < 1.29 is 47.5 Å². The third-order valence-corrected chi connectivity index (χ3v) is 10.7. The molecule has 1 amide bonds. The van der Waals surface area contributed by atoms with E-state index in [9.17, 15) is 24.0 Å². The molecule has 0 bridgehead atoms. The van der Waals surface area contributed by atoms with E-state index in [0.717, 1.165) is 22.3 Å². The van der Waals surface area contributed by atoms with Crippen molar-refractivity contribution in [2.75, 3.05) is 24.7 Å². The quantitative estimate of drug-likeness (QED) is 0.102. The molecule has 6 aromatic rings. The van der Waals surface area contributed by atoms with Crippen molar-refractivity contribution >= 4 is 18.0 Å². The number of benzene rings is 4. The number of nitrogens with one attached hydrogen (secondary N) is 1. The van der Waals surface area contributed by atoms with Crippen LogP contribution in [0.3, 0.4) is 0 Å². The molecule has 4 aromatic carbocycles. The van der Waals surface area contributed by atoms with E-state index in [0.29, 0.717) is 65.3 Å². The van der Waals surface area contributed by atoms with Gasteiger partial charge in [-0.2, -0.15) is 0 Å². The highest BCUT2D eigenvalue weighted by Crippen LogP contribution is 2.40. The van der Waals surface area contributed by atoms with Crippen molar-refractivity contribution in [3.63, 3.8) is 0 Å². The standard InChI is InChI=1S/C30H34N2O7.C25H26N2O5/c1-29(2,3)38-27(34)22-17-31-23(15-24(22)33)21-14-25(36-7)26(37-18-19-11-9-8-10-12-19)13-20(21)16-32(31)28(35)39-30(4,5)6;1-25(2,3)32-24(29)19-14-27-20(12-21(19)28)18-11-22(30-4)23(10-17(18)13-26-27)31-15-16-8-6-5-7-9-16/h8-15,17H,16,18H2,1-7H3;5-12,14,26H,13,15H2,1-4H3. The SMILES string of the molecule is COc1cc2c(cc1OCc1ccccc1)CN(C(=O)OC(C)(C)C)n1cc(C(=O)OC(C)(C)C)c(=O)cc1-2.COc1cc2c(cc1OCc1ccccc1)CNn1cc(C(=O)OC(C)(C)C)c(=O)cc1-2. The van der Waals surface area contributed by atoms with Crippen LogP contribution in [-0.2, 0) is 40.5 Å². The maximum Gasteiger partial charge on any atom is 0.429 e. The largest absolute Gasteiger partial charge is 0.493 e. The van der Waals surface area contributed by atoms with Gasteiger partial charge in [-0.1, -0.05) is 60.7 Å². The Labute approximate surface area is 412 Å². The smallest absolute Gasteiger partial charge is 0.429 e. The number of hydrogen-bond donors (Lipinski definition) is 1. The lowest BCUT2D eigenvalue weighted by atomic mass is 9.99. The van der Waals surface area contributed by atoms with E-state index in [1.165, 1.54) is 41.3 Å². The molecule has 0 spiro atoms. The zero-order chi connectivity index (χ0) is 51.4. The number of esters is 2. The second-order valence-electron chi connectivity index (χ2n) is 19.8. The fourth-order valence-electron chi connectivity index (χ4n) is 7.62. The van der Waals surface area contributed by atoms with Gasteiger partial charge in [0.1, 0.15) is 41.1 Å². The zero-order valence-electron chi connectivity index (χ0n) is 42.0. The number of carbonyl (C=O) groups is 3. The maximum absolute atomic E-state index is 13.3. The number of hydrogen-bond acceptors (Lipinski definition) is 13. The summed E-state index contributed by atoms with van der Waals surface area (Å²) in [6, 6.07) is 29.7. The fourth-order valence-corrected chi connectivity index (χ4v) is 7.62. The van der Waals surface area contributed by atoms with Gasteiger partial charge in [0.15, 0.2) is 33.9 Å². The second kappa shape index (κ2) is 20.5. The summed E-state index contributed by atoms with van der Waals surface area (Å²) in [5.74, 6) is 0.721. The number of fused-ring (bicyclic) bond motifs is 6. The molecular formula is C55H60N4O12. The molecule has 0 radical (unpaired) electrons. The highest BCUT2D eigenvalue weighted by molar-refractivity contribution is 5.91. The monoisotopic (exact) mass is 968 g/mol. The van der Waals surface area contributed by atoms with E-state index in [4.69, 9.17) is 33.2 Å². The minimum Gasteiger partial charge on any atom is -0.493 e. The molecular weight excluding hydrogens is 909 g/mol. The first-order chi connectivity index (χ1) is 33.5. The van der Waals surface area contributed by atoms with Crippen LogP contribution in [0.25, 0.3) is 22.5 Å². The maximum atomic E-state index is 13.3. The molecule has 0 aliphatic carbocycles. The summed E-state index contributed by atoms with van der Waals surface area (Å²) >= 11 is 0. The molecule has 0 saturated carbocycles. The van der Waals surface area contributed by atoms with Crippen molar-refractivity contribution in [2.24, 2.45) is 0 Å². The number of pyridine rings is 2. The van der Waals surface area contributed by atoms with Crippen LogP contribution in [0.1, 0.15) is 105 Å². The Morgan fingerprint density at radius 1 is 0.549 bits per heavy atom. The van der Waals surface area contributed by atoms with E-state index in [1.807, 2.05) is 72.8 Å². The number of nitrogens with zero attached hydrogens (tertiary/aromatic N) is 3. The number of methoxy groups -OCH3 is 2. The van der Waals surface area contributed by atoms with Gasteiger partial charge in [-0.25, -0.2) is 19.4 Å². The van der Waals surface area contributed by atoms with Crippen molar-refractivity contribution in [3.8, 4) is 45.5 Å². The Hall–Kier alpha value is -8.01. The molecule has 2 aliphatic heterocycles. The summed E-state index contributed by atoms with van der Waals surface area (Å²) in [5.41, 5.74) is 6.05. The van der Waals surface area contributed by atoms with Crippen molar-refractivity contribution in [1.29, 1.82) is 0 Å². The summed E-state index contributed by atoms with van der Waals surface area (Å²) in [6.45, 7) is 17.1. The van der Waals surface area contributed by atoms with Crippen molar-refractivity contribution in [3.05, 3.63) is 163 Å². The van der Waals surface area contributed by atoms with Crippen LogP contribution in [-0.4, -0.2) is 58.4 Å². The predicted molar refractivity (Wildman–Crippen MR) is 268 cm³/mol. The first-order valence-electron chi connectivity index (χ1n) is 23.0. The lowest BCUT2D eigenvalue weighted by Gasteiger charge is -2.35. The Bertz CT molecular complexity index is 3070. The number of amides is 1. The Morgan fingerprint density at radius 2 is 1.00 bits per heavy atom. The van der Waals surface area contributed by atoms with Gasteiger partial charge in [0, 0.05) is 35.7 Å². The number of carbonyl (C=O) groups excluding carboxylic acids is 3. The van der Waals surface area contributed by atoms with Crippen molar-refractivity contribution in [2.45, 2.75) is 105 Å². The first kappa shape index (κ1) is 50.9. The minimum absolute atomic E-state index is 0.0191. The van der Waals surface area contributed by atoms with E-state index in [2.05, 4.69) is 5.43 Å². The van der Waals surface area contributed by atoms with Crippen LogP contribution in [0.2, 0.25) is 0 Å². The van der Waals surface area contributed by atoms with Gasteiger partial charge < -0.3 is 38.6 Å². The molecule has 2 aliphatic rings. The lowest BCUT2D eigenvalue weighted by molar-refractivity contribution is 0.00545. The second-order valence-corrected chi connectivity index (χ2v) is 19.8. The number of rotatable bonds is 10. The molecule has 0 atom stereocenters. The molecule has 0 saturated heterocycles. The Balaban J connectivity index is 0.000000213. The van der Waals surface area contributed by atoms with E-state index >= 15 is 0 Å². The first-order valence-corrected chi connectivity index (χ1v) is 23.0. The van der Waals surface area contributed by atoms with Crippen LogP contribution in [0, 0.1) is 0 Å². The van der Waals surface area contributed by atoms with Crippen LogP contribution >= 0.6 is 0 Å². The van der Waals surface area contributed by atoms with Gasteiger partial charge in [-0.3, -0.25) is 18.9 Å². The molecule has 1 N–H and O–H groups in total. The van der Waals surface area contributed by atoms with Gasteiger partial charge in [-0.15, -0.1) is 0 Å². The highest BCUT2D eigenvalue weighted by Gasteiger charge is 2.33. The number of aromatic nitrogens is 2. The fraction of sp³-hybridized carbons (Fsp3) is 0.327. The molecule has 71 heavy (non-hydrogen) atoms. The third-order valence-electron chi connectivity index (χ3n) is 10.7. The summed E-state index contributed by atoms with van der Waals surface area (Å²) < 4.78 is 42.8. The average Bonchev–Trinajstić information content (AvgIpc) is 3.30. The summed E-state index contributed by atoms with van der Waals surface area (Å²) in [6.07, 6.45) is 2.17. The van der Waals surface area contributed by atoms with Crippen molar-refractivity contribution in [1.82, 2.24) is 9.35 Å². The molecule has 2 aromatic heterocycles. The molecule has 4 heterocycles. The molecule has 0 unspecified atom stereocenters. The Morgan fingerprint density at radius 3 is 1.48 bits per heavy atom. The van der Waals surface area contributed by atoms with Gasteiger partial charge in [0.05, 0.1) is 38.7 Å². The van der Waals surface area contributed by atoms with Gasteiger partial charge >= 0.3 is 18.0 Å². The predicted octanol–water partition coefficient (Wildman–Crippen LogP) is 9.56. The summed E-state index contributed by atoms with van der Waals surface area (Å²) in [7, 11) is 3.11. The van der Waals surface area contributed by atoms with Crippen LogP contribution in [0.5, 0.6) is 23.0 Å². The topological polar surface area (TPSA) is 175 Å². The zero-order valence-corrected chi connectivity index (χ0v) is 42.0. The van der Waals surface area contributed by atoms with Crippen LogP contribution < -0.4 is 40.2 Å². The number of ether oxygens (including phenoxy) is 7. The molecule has 372 valence electrons. The van der Waals surface area contributed by atoms with Crippen LogP contribution in [0.4, 0.5) is 4.79 Å². The molecule has 8 rings (SSSR count). The minimum atomic E-state index is -0.801.